The molecule has 1 aliphatic carbocycles. The maximum absolute atomic E-state index is 12.1. The molecule has 2 N–H and O–H groups in total. The molecule has 2 amide bonds. The number of aromatic nitrogens is 2. The molecule has 0 saturated heterocycles. The monoisotopic (exact) mass is 432 g/mol. The average Bonchev–Trinajstić information content (AvgIpc) is 3.30. The highest BCUT2D eigenvalue weighted by atomic mass is 16.5. The van der Waals surface area contributed by atoms with Gasteiger partial charge in [-0.1, -0.05) is 59.8 Å². The van der Waals surface area contributed by atoms with Gasteiger partial charge in [0.25, 0.3) is 5.91 Å². The third-order valence-electron chi connectivity index (χ3n) is 5.08. The number of azo groups is 1. The quantitative estimate of drug-likeness (QED) is 0.556. The van der Waals surface area contributed by atoms with E-state index < -0.39 is 0 Å². The summed E-state index contributed by atoms with van der Waals surface area (Å²) < 4.78 is 5.26. The summed E-state index contributed by atoms with van der Waals surface area (Å²) in [6, 6.07) is 9.62. The van der Waals surface area contributed by atoms with Crippen molar-refractivity contribution in [1.82, 2.24) is 20.8 Å². The Labute approximate surface area is 185 Å². The van der Waals surface area contributed by atoms with E-state index in [2.05, 4.69) is 31.0 Å². The molecule has 2 aliphatic rings. The highest BCUT2D eigenvalue weighted by molar-refractivity contribution is 5.86. The number of benzene rings is 1. The lowest BCUT2D eigenvalue weighted by atomic mass is 9.93. The fourth-order valence-corrected chi connectivity index (χ4v) is 3.41. The Balaban J connectivity index is 1.12. The topological polar surface area (TPSA) is 122 Å². The summed E-state index contributed by atoms with van der Waals surface area (Å²) >= 11 is 0. The van der Waals surface area contributed by atoms with Crippen LogP contribution in [-0.2, 0) is 16.0 Å². The van der Waals surface area contributed by atoms with E-state index in [1.165, 1.54) is 0 Å². The van der Waals surface area contributed by atoms with Crippen molar-refractivity contribution < 1.29 is 14.1 Å². The number of hydrogen-bond acceptors (Lipinski definition) is 7. The molecule has 9 nitrogen and oxygen atoms in total. The fraction of sp³-hybridized carbons (Fsp3) is 0.304. The lowest BCUT2D eigenvalue weighted by Crippen LogP contribution is -2.28. The normalized spacial score (nSPS) is 16.9. The van der Waals surface area contributed by atoms with Crippen molar-refractivity contribution >= 4 is 11.8 Å². The lowest BCUT2D eigenvalue weighted by molar-refractivity contribution is -0.121. The van der Waals surface area contributed by atoms with E-state index in [1.807, 2.05) is 54.6 Å². The number of carbonyl (C=O) groups is 2. The summed E-state index contributed by atoms with van der Waals surface area (Å²) in [7, 11) is 0. The second-order valence-electron chi connectivity index (χ2n) is 7.43. The summed E-state index contributed by atoms with van der Waals surface area (Å²) in [5.41, 5.74) is 1.73. The van der Waals surface area contributed by atoms with Gasteiger partial charge in [-0.25, -0.2) is 0 Å². The van der Waals surface area contributed by atoms with Gasteiger partial charge in [0.1, 0.15) is 0 Å². The first-order valence-electron chi connectivity index (χ1n) is 10.6. The van der Waals surface area contributed by atoms with Crippen LogP contribution in [0.2, 0.25) is 0 Å². The van der Waals surface area contributed by atoms with E-state index >= 15 is 0 Å². The molecule has 0 fully saturated rings. The molecule has 9 heteroatoms. The van der Waals surface area contributed by atoms with Gasteiger partial charge in [0.05, 0.1) is 5.92 Å². The van der Waals surface area contributed by atoms with Gasteiger partial charge in [-0.3, -0.25) is 9.59 Å². The van der Waals surface area contributed by atoms with Crippen LogP contribution >= 0.6 is 0 Å². The van der Waals surface area contributed by atoms with Gasteiger partial charge in [-0.2, -0.15) is 4.98 Å². The van der Waals surface area contributed by atoms with Crippen molar-refractivity contribution in [3.8, 4) is 11.4 Å². The molecule has 164 valence electrons. The van der Waals surface area contributed by atoms with Gasteiger partial charge < -0.3 is 15.2 Å². The number of hydrogen-bond donors (Lipinski definition) is 2. The van der Waals surface area contributed by atoms with E-state index in [0.29, 0.717) is 49.9 Å². The Morgan fingerprint density at radius 3 is 2.81 bits per heavy atom. The van der Waals surface area contributed by atoms with Gasteiger partial charge in [0.15, 0.2) is 5.82 Å². The maximum atomic E-state index is 12.1. The predicted octanol–water partition coefficient (Wildman–Crippen LogP) is 3.10. The van der Waals surface area contributed by atoms with Crippen LogP contribution in [0, 0.1) is 5.92 Å². The summed E-state index contributed by atoms with van der Waals surface area (Å²) in [5, 5.41) is 17.8. The molecule has 1 atom stereocenters. The van der Waals surface area contributed by atoms with Crippen molar-refractivity contribution in [3.63, 3.8) is 0 Å². The van der Waals surface area contributed by atoms with Crippen LogP contribution in [0.3, 0.4) is 0 Å². The molecule has 0 spiro atoms. The zero-order chi connectivity index (χ0) is 22.2. The molecule has 1 aliphatic heterocycles. The van der Waals surface area contributed by atoms with Crippen LogP contribution in [-0.4, -0.2) is 35.0 Å². The summed E-state index contributed by atoms with van der Waals surface area (Å²) in [6.07, 6.45) is 9.69. The van der Waals surface area contributed by atoms with Gasteiger partial charge in [-0.15, -0.1) is 10.2 Å². The Kier molecular flexibility index (Phi) is 6.96. The zero-order valence-electron chi connectivity index (χ0n) is 17.5. The Hall–Kier alpha value is -3.88. The molecular weight excluding hydrogens is 408 g/mol. The van der Waals surface area contributed by atoms with E-state index in [0.717, 1.165) is 17.6 Å². The first-order valence-corrected chi connectivity index (χ1v) is 10.6. The van der Waals surface area contributed by atoms with Gasteiger partial charge in [0, 0.05) is 37.1 Å². The molecule has 1 unspecified atom stereocenters. The molecular formula is C23H24N6O3. The van der Waals surface area contributed by atoms with Crippen molar-refractivity contribution in [2.75, 3.05) is 13.1 Å². The minimum absolute atomic E-state index is 0.0156. The van der Waals surface area contributed by atoms with Crippen molar-refractivity contribution in [1.29, 1.82) is 0 Å². The van der Waals surface area contributed by atoms with Crippen LogP contribution in [0.5, 0.6) is 0 Å². The number of amides is 2. The van der Waals surface area contributed by atoms with Crippen LogP contribution < -0.4 is 10.6 Å². The minimum Gasteiger partial charge on any atom is -0.368 e. The second kappa shape index (κ2) is 10.4. The molecule has 1 aromatic carbocycles. The molecule has 0 radical (unpaired) electrons. The third kappa shape index (κ3) is 5.42. The smallest absolute Gasteiger partial charge is 0.276 e. The number of nitrogens with zero attached hydrogens (tertiary/aromatic N) is 4. The van der Waals surface area contributed by atoms with E-state index in [4.69, 9.17) is 4.52 Å². The molecule has 0 saturated carbocycles. The first kappa shape index (κ1) is 21.4. The number of carbonyl (C=O) groups excluding carboxylic acids is 2. The van der Waals surface area contributed by atoms with Crippen LogP contribution in [0.25, 0.3) is 11.4 Å². The van der Waals surface area contributed by atoms with Crippen molar-refractivity contribution in [2.45, 2.75) is 25.7 Å². The van der Waals surface area contributed by atoms with Gasteiger partial charge in [0.2, 0.25) is 17.6 Å². The number of allylic oxidation sites excluding steroid dienone is 3. The highest BCUT2D eigenvalue weighted by Gasteiger charge is 2.26. The Bertz CT molecular complexity index is 1080. The number of fused-ring (bicyclic) bond motifs is 1. The first-order chi connectivity index (χ1) is 15.7. The maximum Gasteiger partial charge on any atom is 0.276 e. The number of nitrogens with one attached hydrogen (secondary N) is 2. The van der Waals surface area contributed by atoms with Gasteiger partial charge >= 0.3 is 0 Å². The average molecular weight is 432 g/mol. The second-order valence-corrected chi connectivity index (χ2v) is 7.43. The predicted molar refractivity (Wildman–Crippen MR) is 117 cm³/mol. The third-order valence-corrected chi connectivity index (χ3v) is 5.08. The van der Waals surface area contributed by atoms with E-state index in [-0.39, 0.29) is 17.7 Å². The number of aryl methyl sites for hydroxylation is 1. The fourth-order valence-electron chi connectivity index (χ4n) is 3.41. The Morgan fingerprint density at radius 1 is 1.06 bits per heavy atom. The molecule has 1 aromatic heterocycles. The molecule has 32 heavy (non-hydrogen) atoms. The summed E-state index contributed by atoms with van der Waals surface area (Å²) in [5.74, 6) is 1.06. The van der Waals surface area contributed by atoms with Crippen LogP contribution in [0.15, 0.2) is 80.8 Å². The number of rotatable bonds is 10. The minimum atomic E-state index is -0.359. The molecule has 0 bridgehead atoms. The zero-order valence-corrected chi connectivity index (χ0v) is 17.5. The standard InChI is InChI=1S/C23H24N6O3/c30-19(12-6-13-20-26-21(29-32-20)16-8-2-1-3-9-16)24-14-7-15-25-22-17-10-4-5-11-18(17)23(31)28-27-22/h1-5,8-11,18,25H,6-7,12-15H2,(H,24,30). The molecule has 2 heterocycles. The summed E-state index contributed by atoms with van der Waals surface area (Å²) in [4.78, 5) is 28.2. The SMILES string of the molecule is O=C(CCCc1nc(-c2ccccc2)no1)NCCCNC1=C2C=CC=CC2C(=O)N=N1. The summed E-state index contributed by atoms with van der Waals surface area (Å²) in [6.45, 7) is 1.16. The molecule has 2 aromatic rings. The lowest BCUT2D eigenvalue weighted by Gasteiger charge is -2.20. The Morgan fingerprint density at radius 2 is 1.94 bits per heavy atom. The van der Waals surface area contributed by atoms with Crippen LogP contribution in [0.4, 0.5) is 0 Å². The van der Waals surface area contributed by atoms with E-state index in [9.17, 15) is 9.59 Å². The highest BCUT2D eigenvalue weighted by Crippen LogP contribution is 2.27. The van der Waals surface area contributed by atoms with Gasteiger partial charge in [-0.05, 0) is 12.8 Å². The largest absolute Gasteiger partial charge is 0.368 e. The van der Waals surface area contributed by atoms with E-state index in [1.54, 1.807) is 0 Å². The molecule has 4 rings (SSSR count). The van der Waals surface area contributed by atoms with Crippen LogP contribution in [0.1, 0.15) is 25.2 Å². The van der Waals surface area contributed by atoms with Crippen molar-refractivity contribution in [2.24, 2.45) is 16.1 Å². The van der Waals surface area contributed by atoms with Crippen molar-refractivity contribution in [3.05, 3.63) is 71.9 Å².